The third kappa shape index (κ3) is 7.13. The van der Waals surface area contributed by atoms with Crippen molar-refractivity contribution in [2.75, 3.05) is 31.2 Å². The number of carbonyl (C=O) groups excluding carboxylic acids is 2. The number of nitrogens with one attached hydrogen (secondary N) is 2. The van der Waals surface area contributed by atoms with Crippen molar-refractivity contribution in [2.24, 2.45) is 5.92 Å². The van der Waals surface area contributed by atoms with Crippen LogP contribution in [0.4, 0.5) is 5.69 Å². The molecule has 0 saturated carbocycles. The predicted octanol–water partition coefficient (Wildman–Crippen LogP) is 5.27. The lowest BCUT2D eigenvalue weighted by Crippen LogP contribution is -2.57. The molecule has 0 unspecified atom stereocenters. The number of nitrogens with zero attached hydrogens (tertiary/aromatic N) is 4. The average Bonchev–Trinajstić information content (AvgIpc) is 3.53. The van der Waals surface area contributed by atoms with E-state index in [9.17, 15) is 14.7 Å². The number of hydrogen-bond acceptors (Lipinski definition) is 9. The van der Waals surface area contributed by atoms with Gasteiger partial charge in [0.1, 0.15) is 11.2 Å². The zero-order valence-electron chi connectivity index (χ0n) is 29.7. The second-order valence-electron chi connectivity index (χ2n) is 14.2. The number of fused-ring (bicyclic) bond motifs is 1. The summed E-state index contributed by atoms with van der Waals surface area (Å²) in [4.78, 5) is 39.6. The highest BCUT2D eigenvalue weighted by atomic mass is 16.7. The SMILES string of the molecule is C[C@H]1[C@@H](CN2CCC3(CC2)C(=O)NCN3c2ccccc2)O[C@@H](c2ccc(CNC(=O)c3cnc4ccccc4n3)cc2)O[C@H]1c1ccc(CO)cc1. The summed E-state index contributed by atoms with van der Waals surface area (Å²) in [6.45, 7) is 5.25. The van der Waals surface area contributed by atoms with Gasteiger partial charge in [-0.1, -0.05) is 85.8 Å². The fourth-order valence-electron chi connectivity index (χ4n) is 7.85. The summed E-state index contributed by atoms with van der Waals surface area (Å²) in [5.41, 5.74) is 5.88. The number of hydrogen-bond donors (Lipinski definition) is 3. The van der Waals surface area contributed by atoms with Gasteiger partial charge in [-0.15, -0.1) is 0 Å². The highest BCUT2D eigenvalue weighted by Crippen LogP contribution is 2.43. The third-order valence-corrected chi connectivity index (χ3v) is 11.0. The van der Waals surface area contributed by atoms with Crippen LogP contribution in [0.2, 0.25) is 0 Å². The first-order valence-electron chi connectivity index (χ1n) is 18.3. The molecule has 53 heavy (non-hydrogen) atoms. The number of likely N-dealkylation sites (tertiary alicyclic amines) is 1. The molecule has 4 heterocycles. The Bertz CT molecular complexity index is 2050. The maximum Gasteiger partial charge on any atom is 0.271 e. The lowest BCUT2D eigenvalue weighted by molar-refractivity contribution is -0.276. The average molecular weight is 713 g/mol. The Morgan fingerprint density at radius 2 is 1.57 bits per heavy atom. The summed E-state index contributed by atoms with van der Waals surface area (Å²) in [6.07, 6.45) is 1.96. The highest BCUT2D eigenvalue weighted by Gasteiger charge is 2.51. The van der Waals surface area contributed by atoms with Gasteiger partial charge in [-0.25, -0.2) is 4.98 Å². The fourth-order valence-corrected chi connectivity index (χ4v) is 7.85. The Labute approximate surface area is 309 Å². The van der Waals surface area contributed by atoms with Gasteiger partial charge < -0.3 is 35.0 Å². The molecular weight excluding hydrogens is 668 g/mol. The van der Waals surface area contributed by atoms with Crippen molar-refractivity contribution in [1.82, 2.24) is 25.5 Å². The molecule has 3 fully saturated rings. The van der Waals surface area contributed by atoms with E-state index >= 15 is 0 Å². The van der Waals surface area contributed by atoms with Crippen molar-refractivity contribution >= 4 is 28.5 Å². The normalized spacial score (nSPS) is 22.9. The molecule has 3 saturated heterocycles. The standard InChI is InChI=1S/C42H44N6O5/c1-28-37(25-47-21-19-42(20-22-47)41(51)45-27-48(42)33-7-3-2-4-8-33)52-40(53-38(28)31-15-13-30(26-49)14-16-31)32-17-11-29(12-18-32)23-44-39(50)36-24-43-34-9-5-6-10-35(34)46-36/h2-18,24,28,37-38,40,49H,19-23,25-27H2,1H3,(H,44,50)(H,45,51)/t28-,37+,38+,40+/m0/s1. The first kappa shape index (κ1) is 34.9. The van der Waals surface area contributed by atoms with Gasteiger partial charge in [0.2, 0.25) is 5.91 Å². The Hall–Kier alpha value is -5.20. The molecule has 3 aliphatic rings. The van der Waals surface area contributed by atoms with Crippen molar-refractivity contribution in [3.05, 3.63) is 137 Å². The molecule has 5 aromatic rings. The van der Waals surface area contributed by atoms with Crippen LogP contribution in [-0.4, -0.2) is 69.7 Å². The van der Waals surface area contributed by atoms with Gasteiger partial charge in [-0.05, 0) is 53.8 Å². The van der Waals surface area contributed by atoms with Gasteiger partial charge in [0.25, 0.3) is 5.91 Å². The summed E-state index contributed by atoms with van der Waals surface area (Å²) in [5.74, 6) is -0.151. The molecule has 4 atom stereocenters. The van der Waals surface area contributed by atoms with Gasteiger partial charge in [0.05, 0.1) is 42.7 Å². The van der Waals surface area contributed by atoms with E-state index in [2.05, 4.69) is 49.5 Å². The monoisotopic (exact) mass is 712 g/mol. The molecule has 0 bridgehead atoms. The van der Waals surface area contributed by atoms with Crippen molar-refractivity contribution < 1.29 is 24.2 Å². The number of anilines is 1. The van der Waals surface area contributed by atoms with Crippen LogP contribution in [0.15, 0.2) is 109 Å². The Balaban J connectivity index is 0.957. The van der Waals surface area contributed by atoms with E-state index < -0.39 is 11.8 Å². The number of rotatable bonds is 9. The number of aliphatic hydroxyl groups excluding tert-OH is 1. The maximum atomic E-state index is 13.3. The lowest BCUT2D eigenvalue weighted by Gasteiger charge is -2.46. The molecule has 11 nitrogen and oxygen atoms in total. The molecule has 11 heteroatoms. The van der Waals surface area contributed by atoms with Crippen molar-refractivity contribution in [1.29, 1.82) is 0 Å². The van der Waals surface area contributed by atoms with Crippen molar-refractivity contribution in [3.8, 4) is 0 Å². The van der Waals surface area contributed by atoms with Crippen molar-refractivity contribution in [2.45, 2.75) is 57.0 Å². The number of benzene rings is 4. The van der Waals surface area contributed by atoms with Gasteiger partial charge in [-0.3, -0.25) is 14.6 Å². The summed E-state index contributed by atoms with van der Waals surface area (Å²) >= 11 is 0. The van der Waals surface area contributed by atoms with E-state index in [1.54, 1.807) is 0 Å². The predicted molar refractivity (Wildman–Crippen MR) is 200 cm³/mol. The van der Waals surface area contributed by atoms with Gasteiger partial charge in [-0.2, -0.15) is 0 Å². The zero-order valence-corrected chi connectivity index (χ0v) is 29.7. The minimum Gasteiger partial charge on any atom is -0.392 e. The summed E-state index contributed by atoms with van der Waals surface area (Å²) < 4.78 is 13.5. The molecule has 272 valence electrons. The van der Waals surface area contributed by atoms with E-state index in [-0.39, 0.29) is 42.2 Å². The zero-order chi connectivity index (χ0) is 36.4. The minimum atomic E-state index is -0.611. The molecule has 4 aromatic carbocycles. The largest absolute Gasteiger partial charge is 0.392 e. The number of piperidine rings is 1. The number of amides is 2. The van der Waals surface area contributed by atoms with Crippen LogP contribution < -0.4 is 15.5 Å². The number of aromatic nitrogens is 2. The van der Waals surface area contributed by atoms with E-state index in [4.69, 9.17) is 9.47 Å². The first-order valence-corrected chi connectivity index (χ1v) is 18.3. The van der Waals surface area contributed by atoms with E-state index in [1.807, 2.05) is 91.0 Å². The molecule has 3 N–H and O–H groups in total. The number of para-hydroxylation sites is 3. The molecule has 8 rings (SSSR count). The van der Waals surface area contributed by atoms with Gasteiger partial charge in [0, 0.05) is 43.3 Å². The van der Waals surface area contributed by atoms with E-state index in [0.29, 0.717) is 25.3 Å². The first-order chi connectivity index (χ1) is 25.9. The van der Waals surface area contributed by atoms with Crippen LogP contribution in [0.3, 0.4) is 0 Å². The van der Waals surface area contributed by atoms with Crippen LogP contribution in [0.1, 0.15) is 64.9 Å². The molecule has 3 aliphatic heterocycles. The second-order valence-corrected chi connectivity index (χ2v) is 14.2. The van der Waals surface area contributed by atoms with Crippen LogP contribution in [-0.2, 0) is 27.4 Å². The number of aliphatic hydroxyl groups is 1. The molecular formula is C42H44N6O5. The van der Waals surface area contributed by atoms with Crippen LogP contribution in [0.5, 0.6) is 0 Å². The summed E-state index contributed by atoms with van der Waals surface area (Å²) in [5, 5.41) is 15.7. The molecule has 1 spiro atoms. The molecule has 1 aromatic heterocycles. The van der Waals surface area contributed by atoms with Crippen LogP contribution >= 0.6 is 0 Å². The Morgan fingerprint density at radius 3 is 2.30 bits per heavy atom. The topological polar surface area (TPSA) is 129 Å². The number of ether oxygens (including phenoxy) is 2. The van der Waals surface area contributed by atoms with E-state index in [1.165, 1.54) is 6.20 Å². The van der Waals surface area contributed by atoms with E-state index in [0.717, 1.165) is 59.4 Å². The van der Waals surface area contributed by atoms with Crippen LogP contribution in [0.25, 0.3) is 11.0 Å². The molecule has 2 amide bonds. The Morgan fingerprint density at radius 1 is 0.887 bits per heavy atom. The smallest absolute Gasteiger partial charge is 0.271 e. The second kappa shape index (κ2) is 15.0. The summed E-state index contributed by atoms with van der Waals surface area (Å²) in [6, 6.07) is 33.5. The fraction of sp³-hybridized carbons (Fsp3) is 0.333. The quantitative estimate of drug-likeness (QED) is 0.187. The van der Waals surface area contributed by atoms with Crippen LogP contribution in [0, 0.1) is 5.92 Å². The molecule has 0 radical (unpaired) electrons. The number of carbonyl (C=O) groups is 2. The van der Waals surface area contributed by atoms with Gasteiger partial charge >= 0.3 is 0 Å². The highest BCUT2D eigenvalue weighted by molar-refractivity contribution is 5.94. The summed E-state index contributed by atoms with van der Waals surface area (Å²) in [7, 11) is 0. The molecule has 0 aliphatic carbocycles. The van der Waals surface area contributed by atoms with Gasteiger partial charge in [0.15, 0.2) is 6.29 Å². The van der Waals surface area contributed by atoms with Crippen molar-refractivity contribution in [3.63, 3.8) is 0 Å². The minimum absolute atomic E-state index is 0.0195. The third-order valence-electron chi connectivity index (χ3n) is 11.0. The maximum absolute atomic E-state index is 13.3. The lowest BCUT2D eigenvalue weighted by atomic mass is 9.84. The Kier molecular flexibility index (Phi) is 9.89.